The molecule has 0 saturated carbocycles. The Labute approximate surface area is 186 Å². The predicted octanol–water partition coefficient (Wildman–Crippen LogP) is 1.69. The van der Waals surface area contributed by atoms with E-state index in [1.807, 2.05) is 6.07 Å². The van der Waals surface area contributed by atoms with E-state index in [0.29, 0.717) is 11.3 Å². The van der Waals surface area contributed by atoms with Crippen molar-refractivity contribution in [2.75, 3.05) is 0 Å². The first-order valence-electron chi connectivity index (χ1n) is 9.70. The van der Waals surface area contributed by atoms with Gasteiger partial charge in [-0.3, -0.25) is 4.79 Å². The van der Waals surface area contributed by atoms with Crippen molar-refractivity contribution in [1.29, 1.82) is 5.26 Å². The highest BCUT2D eigenvalue weighted by Crippen LogP contribution is 2.42. The normalized spacial score (nSPS) is 20.3. The number of pyridine rings is 1. The largest absolute Gasteiger partial charge is 0.485 e. The molecule has 33 heavy (non-hydrogen) atoms. The molecule has 1 aliphatic heterocycles. The maximum absolute atomic E-state index is 12.8. The molecule has 1 N–H and O–H groups in total. The zero-order chi connectivity index (χ0) is 24.5. The van der Waals surface area contributed by atoms with Crippen molar-refractivity contribution in [1.82, 2.24) is 4.57 Å². The fourth-order valence-corrected chi connectivity index (χ4v) is 3.75. The van der Waals surface area contributed by atoms with Crippen LogP contribution in [0.4, 0.5) is 0 Å². The van der Waals surface area contributed by atoms with Crippen molar-refractivity contribution in [3.05, 3.63) is 83.8 Å². The van der Waals surface area contributed by atoms with Crippen LogP contribution >= 0.6 is 0 Å². The molecule has 13 heteroatoms. The summed E-state index contributed by atoms with van der Waals surface area (Å²) in [4.78, 5) is 43.6. The van der Waals surface area contributed by atoms with Crippen LogP contribution in [-0.2, 0) is 9.68 Å². The lowest BCUT2D eigenvalue weighted by Gasteiger charge is -2.42. The Balaban J connectivity index is 2.18. The Bertz CT molecular complexity index is 1190. The van der Waals surface area contributed by atoms with Crippen molar-refractivity contribution >= 4 is 0 Å². The Morgan fingerprint density at radius 3 is 2.48 bits per heavy atom. The first-order chi connectivity index (χ1) is 15.4. The second kappa shape index (κ2) is 8.75. The highest BCUT2D eigenvalue weighted by Gasteiger charge is 2.44. The maximum Gasteiger partial charge on any atom is 0.295 e. The minimum absolute atomic E-state index is 0.0233. The van der Waals surface area contributed by atoms with Gasteiger partial charge >= 0.3 is 0 Å². The quantitative estimate of drug-likeness (QED) is 0.472. The minimum atomic E-state index is -1.55. The van der Waals surface area contributed by atoms with E-state index in [0.717, 1.165) is 10.6 Å². The fraction of sp³-hybridized carbons (Fsp3) is 0.400. The second-order valence-electron chi connectivity index (χ2n) is 7.95. The van der Waals surface area contributed by atoms with Crippen LogP contribution in [0.25, 0.3) is 0 Å². The number of rotatable bonds is 7. The summed E-state index contributed by atoms with van der Waals surface area (Å²) in [6, 6.07) is 7.81. The monoisotopic (exact) mass is 460 g/mol. The molecule has 2 heterocycles. The highest BCUT2D eigenvalue weighted by atomic mass is 17.0. The summed E-state index contributed by atoms with van der Waals surface area (Å²) < 4.78 is 6.98. The Kier molecular flexibility index (Phi) is 6.23. The molecule has 1 aromatic carbocycles. The van der Waals surface area contributed by atoms with Crippen molar-refractivity contribution in [3.63, 3.8) is 0 Å². The fourth-order valence-electron chi connectivity index (χ4n) is 3.75. The minimum Gasteiger partial charge on any atom is -0.485 e. The SMILES string of the molecule is CC(O[N+](=O)[O-])C(O[N+](=O)[O-])c1ccc(=O)n(C2c3cc(C#N)ccc3OC(C)(C)C2O)c1. The van der Waals surface area contributed by atoms with Gasteiger partial charge in [0.05, 0.1) is 17.7 Å². The number of aliphatic hydroxyl groups is 1. The average molecular weight is 460 g/mol. The molecule has 0 saturated heterocycles. The summed E-state index contributed by atoms with van der Waals surface area (Å²) in [6.07, 6.45) is -3.01. The molecule has 0 bridgehead atoms. The Morgan fingerprint density at radius 1 is 1.21 bits per heavy atom. The molecule has 0 fully saturated rings. The second-order valence-corrected chi connectivity index (χ2v) is 7.95. The Morgan fingerprint density at radius 2 is 1.88 bits per heavy atom. The lowest BCUT2D eigenvalue weighted by Crippen LogP contribution is -2.52. The van der Waals surface area contributed by atoms with Gasteiger partial charge in [-0.25, -0.2) is 0 Å². The molecule has 2 aromatic rings. The molecule has 174 valence electrons. The number of aromatic nitrogens is 1. The van der Waals surface area contributed by atoms with E-state index in [4.69, 9.17) is 4.74 Å². The molecular weight excluding hydrogens is 440 g/mol. The van der Waals surface area contributed by atoms with E-state index in [1.54, 1.807) is 19.9 Å². The van der Waals surface area contributed by atoms with E-state index in [2.05, 4.69) is 9.68 Å². The Hall–Kier alpha value is -4.18. The van der Waals surface area contributed by atoms with Crippen molar-refractivity contribution in [2.45, 2.75) is 50.7 Å². The molecule has 1 aromatic heterocycles. The van der Waals surface area contributed by atoms with Crippen LogP contribution in [-0.4, -0.2) is 37.7 Å². The first kappa shape index (κ1) is 23.5. The first-order valence-corrected chi connectivity index (χ1v) is 9.70. The van der Waals surface area contributed by atoms with Crippen molar-refractivity contribution in [3.8, 4) is 11.8 Å². The van der Waals surface area contributed by atoms with Gasteiger partial charge in [-0.2, -0.15) is 5.26 Å². The van der Waals surface area contributed by atoms with Gasteiger partial charge in [0, 0.05) is 17.8 Å². The zero-order valence-electron chi connectivity index (χ0n) is 17.8. The van der Waals surface area contributed by atoms with E-state index >= 15 is 0 Å². The van der Waals surface area contributed by atoms with E-state index in [9.17, 15) is 35.4 Å². The van der Waals surface area contributed by atoms with Crippen LogP contribution in [0, 0.1) is 31.6 Å². The third-order valence-electron chi connectivity index (χ3n) is 5.31. The smallest absolute Gasteiger partial charge is 0.295 e. The molecule has 0 spiro atoms. The van der Waals surface area contributed by atoms with Crippen LogP contribution in [0.15, 0.2) is 41.3 Å². The number of aliphatic hydroxyl groups excluding tert-OH is 1. The van der Waals surface area contributed by atoms with E-state index in [1.165, 1.54) is 31.3 Å². The van der Waals surface area contributed by atoms with Crippen LogP contribution in [0.3, 0.4) is 0 Å². The number of nitrogens with zero attached hydrogens (tertiary/aromatic N) is 4. The van der Waals surface area contributed by atoms with Crippen LogP contribution in [0.5, 0.6) is 5.75 Å². The predicted molar refractivity (Wildman–Crippen MR) is 109 cm³/mol. The van der Waals surface area contributed by atoms with Crippen LogP contribution in [0.2, 0.25) is 0 Å². The third-order valence-corrected chi connectivity index (χ3v) is 5.31. The summed E-state index contributed by atoms with van der Waals surface area (Å²) in [5.74, 6) is 0.342. The lowest BCUT2D eigenvalue weighted by atomic mass is 9.85. The molecule has 13 nitrogen and oxygen atoms in total. The molecule has 1 aliphatic rings. The number of fused-ring (bicyclic) bond motifs is 1. The van der Waals surface area contributed by atoms with E-state index in [-0.39, 0.29) is 11.1 Å². The summed E-state index contributed by atoms with van der Waals surface area (Å²) >= 11 is 0. The molecule has 3 rings (SSSR count). The highest BCUT2D eigenvalue weighted by molar-refractivity contribution is 5.47. The molecule has 0 radical (unpaired) electrons. The molecule has 0 amide bonds. The summed E-state index contributed by atoms with van der Waals surface area (Å²) in [5, 5.41) is 39.9. The lowest BCUT2D eigenvalue weighted by molar-refractivity contribution is -0.800. The molecule has 0 aliphatic carbocycles. The van der Waals surface area contributed by atoms with Gasteiger partial charge < -0.3 is 24.1 Å². The van der Waals surface area contributed by atoms with Crippen molar-refractivity contribution < 1.29 is 29.7 Å². The topological polar surface area (TPSA) is 180 Å². The third kappa shape index (κ3) is 4.70. The standard InChI is InChI=1S/C20H20N4O9/c1-11(32-23(27)28)18(33-24(29)30)13-5-7-16(25)22(10-13)17-14-8-12(9-21)4-6-15(14)31-20(2,3)19(17)26/h4-8,10-11,17-19,26H,1-3H3. The number of hydrogen-bond donors (Lipinski definition) is 1. The molecular formula is C20H20N4O9. The van der Waals surface area contributed by atoms with Gasteiger partial charge in [0.25, 0.3) is 15.7 Å². The summed E-state index contributed by atoms with van der Waals surface area (Å²) in [6.45, 7) is 4.44. The zero-order valence-corrected chi connectivity index (χ0v) is 17.8. The van der Waals surface area contributed by atoms with Gasteiger partial charge in [-0.05, 0) is 50.6 Å². The number of benzene rings is 1. The number of hydrogen-bond acceptors (Lipinski definition) is 10. The number of ether oxygens (including phenoxy) is 1. The summed E-state index contributed by atoms with van der Waals surface area (Å²) in [7, 11) is 0. The van der Waals surface area contributed by atoms with E-state index < -0.39 is 45.7 Å². The molecule has 4 atom stereocenters. The average Bonchev–Trinajstić information content (AvgIpc) is 2.73. The number of nitriles is 1. The van der Waals surface area contributed by atoms with Crippen LogP contribution in [0.1, 0.15) is 49.6 Å². The van der Waals surface area contributed by atoms with Crippen LogP contribution < -0.4 is 10.3 Å². The van der Waals surface area contributed by atoms with Gasteiger partial charge in [0.1, 0.15) is 23.6 Å². The van der Waals surface area contributed by atoms with Gasteiger partial charge in [-0.15, -0.1) is 20.2 Å². The maximum atomic E-state index is 12.8. The van der Waals surface area contributed by atoms with Gasteiger partial charge in [0.2, 0.25) is 0 Å². The van der Waals surface area contributed by atoms with Gasteiger partial charge in [-0.1, -0.05) is 0 Å². The summed E-state index contributed by atoms with van der Waals surface area (Å²) in [5.41, 5.74) is -1.07. The van der Waals surface area contributed by atoms with Crippen molar-refractivity contribution in [2.24, 2.45) is 0 Å². The van der Waals surface area contributed by atoms with Gasteiger partial charge in [0.15, 0.2) is 6.10 Å². The molecule has 4 unspecified atom stereocenters.